The van der Waals surface area contributed by atoms with Crippen LogP contribution in [0.15, 0.2) is 48.5 Å². The molecule has 0 radical (unpaired) electrons. The van der Waals surface area contributed by atoms with Crippen molar-refractivity contribution in [3.05, 3.63) is 59.7 Å². The van der Waals surface area contributed by atoms with Gasteiger partial charge in [-0.25, -0.2) is 0 Å². The second-order valence-electron chi connectivity index (χ2n) is 5.57. The van der Waals surface area contributed by atoms with E-state index in [2.05, 4.69) is 70.9 Å². The number of nitrogens with zero attached hydrogens (tertiary/aromatic N) is 2. The summed E-state index contributed by atoms with van der Waals surface area (Å²) >= 11 is 0. The SMILES string of the molecule is CCC1Cc2ccccc2-c2n[nH]nc2-c2ccccc21. The number of fused-ring (bicyclic) bond motifs is 5. The van der Waals surface area contributed by atoms with Crippen LogP contribution >= 0.6 is 0 Å². The van der Waals surface area contributed by atoms with Crippen LogP contribution in [0.2, 0.25) is 0 Å². The third-order valence-electron chi connectivity index (χ3n) is 4.44. The monoisotopic (exact) mass is 275 g/mol. The van der Waals surface area contributed by atoms with Gasteiger partial charge in [0.05, 0.1) is 0 Å². The summed E-state index contributed by atoms with van der Waals surface area (Å²) < 4.78 is 0. The molecule has 4 rings (SSSR count). The Morgan fingerprint density at radius 3 is 2.43 bits per heavy atom. The second kappa shape index (κ2) is 4.85. The quantitative estimate of drug-likeness (QED) is 0.723. The molecule has 0 amide bonds. The van der Waals surface area contributed by atoms with Gasteiger partial charge in [-0.3, -0.25) is 0 Å². The number of H-pyrrole nitrogens is 1. The standard InChI is InChI=1S/C18H17N3/c1-2-12-11-13-7-3-4-9-15(13)17-18(20-21-19-17)16-10-6-5-8-14(12)16/h3-10,12H,2,11H2,1H3,(H,19,20,21). The lowest BCUT2D eigenvalue weighted by Crippen LogP contribution is -2.08. The summed E-state index contributed by atoms with van der Waals surface area (Å²) in [4.78, 5) is 0. The van der Waals surface area contributed by atoms with E-state index in [9.17, 15) is 0 Å². The smallest absolute Gasteiger partial charge is 0.121 e. The molecule has 0 spiro atoms. The fraction of sp³-hybridized carbons (Fsp3) is 0.222. The Balaban J connectivity index is 2.05. The minimum absolute atomic E-state index is 0.521. The third-order valence-corrected chi connectivity index (χ3v) is 4.44. The van der Waals surface area contributed by atoms with Crippen LogP contribution in [0.25, 0.3) is 22.5 Å². The molecule has 3 nitrogen and oxygen atoms in total. The minimum Gasteiger partial charge on any atom is -0.197 e. The average molecular weight is 275 g/mol. The molecule has 1 heterocycles. The lowest BCUT2D eigenvalue weighted by atomic mass is 9.81. The molecule has 0 saturated heterocycles. The van der Waals surface area contributed by atoms with Crippen molar-refractivity contribution >= 4 is 0 Å². The van der Waals surface area contributed by atoms with Crippen molar-refractivity contribution in [3.8, 4) is 22.5 Å². The van der Waals surface area contributed by atoms with E-state index in [0.29, 0.717) is 5.92 Å². The fourth-order valence-electron chi connectivity index (χ4n) is 3.34. The molecule has 1 aromatic heterocycles. The first-order valence-electron chi connectivity index (χ1n) is 7.46. The van der Waals surface area contributed by atoms with E-state index in [1.807, 2.05) is 0 Å². The van der Waals surface area contributed by atoms with Crippen LogP contribution in [-0.2, 0) is 6.42 Å². The Labute approximate surface area is 124 Å². The van der Waals surface area contributed by atoms with Crippen molar-refractivity contribution in [3.63, 3.8) is 0 Å². The van der Waals surface area contributed by atoms with Crippen molar-refractivity contribution in [2.75, 3.05) is 0 Å². The summed E-state index contributed by atoms with van der Waals surface area (Å²) in [7, 11) is 0. The summed E-state index contributed by atoms with van der Waals surface area (Å²) in [6, 6.07) is 17.1. The first-order valence-corrected chi connectivity index (χ1v) is 7.46. The van der Waals surface area contributed by atoms with Gasteiger partial charge in [-0.05, 0) is 29.9 Å². The number of aromatic nitrogens is 3. The maximum Gasteiger partial charge on any atom is 0.121 e. The van der Waals surface area contributed by atoms with E-state index in [-0.39, 0.29) is 0 Å². The Morgan fingerprint density at radius 2 is 1.62 bits per heavy atom. The lowest BCUT2D eigenvalue weighted by Gasteiger charge is -2.23. The Hall–Kier alpha value is -2.42. The molecular weight excluding hydrogens is 258 g/mol. The van der Waals surface area contributed by atoms with Gasteiger partial charge in [0.2, 0.25) is 0 Å². The lowest BCUT2D eigenvalue weighted by molar-refractivity contribution is 0.661. The highest BCUT2D eigenvalue weighted by Gasteiger charge is 2.24. The topological polar surface area (TPSA) is 41.6 Å². The summed E-state index contributed by atoms with van der Waals surface area (Å²) in [5, 5.41) is 11.7. The van der Waals surface area contributed by atoms with Crippen molar-refractivity contribution in [1.82, 2.24) is 15.4 Å². The van der Waals surface area contributed by atoms with Gasteiger partial charge in [-0.1, -0.05) is 55.5 Å². The molecule has 0 fully saturated rings. The highest BCUT2D eigenvalue weighted by molar-refractivity contribution is 5.82. The minimum atomic E-state index is 0.521. The van der Waals surface area contributed by atoms with Crippen LogP contribution in [0.4, 0.5) is 0 Å². The molecule has 2 aromatic carbocycles. The zero-order chi connectivity index (χ0) is 14.2. The number of aromatic amines is 1. The maximum absolute atomic E-state index is 4.43. The van der Waals surface area contributed by atoms with Crippen LogP contribution in [0.5, 0.6) is 0 Å². The molecule has 1 unspecified atom stereocenters. The van der Waals surface area contributed by atoms with Crippen molar-refractivity contribution < 1.29 is 0 Å². The Morgan fingerprint density at radius 1 is 0.952 bits per heavy atom. The molecule has 3 aromatic rings. The van der Waals surface area contributed by atoms with Crippen molar-refractivity contribution in [1.29, 1.82) is 0 Å². The van der Waals surface area contributed by atoms with E-state index < -0.39 is 0 Å². The zero-order valence-corrected chi connectivity index (χ0v) is 12.0. The predicted molar refractivity (Wildman–Crippen MR) is 84.0 cm³/mol. The molecule has 1 N–H and O–H groups in total. The van der Waals surface area contributed by atoms with Gasteiger partial charge >= 0.3 is 0 Å². The van der Waals surface area contributed by atoms with E-state index >= 15 is 0 Å². The highest BCUT2D eigenvalue weighted by atomic mass is 15.3. The van der Waals surface area contributed by atoms with Gasteiger partial charge in [0.15, 0.2) is 0 Å². The molecular formula is C18H17N3. The summed E-state index contributed by atoms with van der Waals surface area (Å²) in [6.07, 6.45) is 2.18. The van der Waals surface area contributed by atoms with E-state index in [1.165, 1.54) is 22.3 Å². The fourth-order valence-corrected chi connectivity index (χ4v) is 3.34. The maximum atomic E-state index is 4.43. The first kappa shape index (κ1) is 12.3. The summed E-state index contributed by atoms with van der Waals surface area (Å²) in [5.41, 5.74) is 7.08. The predicted octanol–water partition coefficient (Wildman–Crippen LogP) is 4.19. The van der Waals surface area contributed by atoms with Crippen LogP contribution in [0, 0.1) is 0 Å². The highest BCUT2D eigenvalue weighted by Crippen LogP contribution is 2.40. The van der Waals surface area contributed by atoms with Gasteiger partial charge in [0.1, 0.15) is 11.4 Å². The molecule has 3 heteroatoms. The van der Waals surface area contributed by atoms with E-state index in [1.54, 1.807) is 0 Å². The molecule has 0 bridgehead atoms. The van der Waals surface area contributed by atoms with Crippen molar-refractivity contribution in [2.24, 2.45) is 0 Å². The van der Waals surface area contributed by atoms with E-state index in [4.69, 9.17) is 0 Å². The Kier molecular flexibility index (Phi) is 2.85. The molecule has 21 heavy (non-hydrogen) atoms. The van der Waals surface area contributed by atoms with Crippen LogP contribution in [-0.4, -0.2) is 15.4 Å². The second-order valence-corrected chi connectivity index (χ2v) is 5.57. The number of benzene rings is 2. The molecule has 0 saturated carbocycles. The van der Waals surface area contributed by atoms with Crippen LogP contribution in [0.3, 0.4) is 0 Å². The average Bonchev–Trinajstić information content (AvgIpc) is 3.00. The largest absolute Gasteiger partial charge is 0.197 e. The molecule has 1 aliphatic carbocycles. The number of rotatable bonds is 1. The number of nitrogens with one attached hydrogen (secondary N) is 1. The normalized spacial score (nSPS) is 16.3. The van der Waals surface area contributed by atoms with Crippen molar-refractivity contribution in [2.45, 2.75) is 25.7 Å². The first-order chi connectivity index (χ1) is 10.4. The summed E-state index contributed by atoms with van der Waals surface area (Å²) in [6.45, 7) is 2.26. The van der Waals surface area contributed by atoms with Gasteiger partial charge < -0.3 is 0 Å². The Bertz CT molecular complexity index is 788. The van der Waals surface area contributed by atoms with E-state index in [0.717, 1.165) is 24.2 Å². The van der Waals surface area contributed by atoms with Gasteiger partial charge in [0, 0.05) is 11.1 Å². The zero-order valence-electron chi connectivity index (χ0n) is 12.0. The molecule has 0 aliphatic heterocycles. The van der Waals surface area contributed by atoms with Gasteiger partial charge in [-0.15, -0.1) is 0 Å². The molecule has 104 valence electrons. The third kappa shape index (κ3) is 1.88. The molecule has 1 atom stereocenters. The summed E-state index contributed by atoms with van der Waals surface area (Å²) in [5.74, 6) is 0.521. The molecule has 1 aliphatic rings. The van der Waals surface area contributed by atoms with Crippen LogP contribution < -0.4 is 0 Å². The van der Waals surface area contributed by atoms with Crippen LogP contribution in [0.1, 0.15) is 30.4 Å². The number of hydrogen-bond acceptors (Lipinski definition) is 2. The number of hydrogen-bond donors (Lipinski definition) is 1. The van der Waals surface area contributed by atoms with Gasteiger partial charge in [0.25, 0.3) is 0 Å². The van der Waals surface area contributed by atoms with Gasteiger partial charge in [-0.2, -0.15) is 15.4 Å².